The number of ether oxygens (including phenoxy) is 1. The van der Waals surface area contributed by atoms with Crippen molar-refractivity contribution in [1.82, 2.24) is 0 Å². The Morgan fingerprint density at radius 3 is 1.23 bits per heavy atom. The van der Waals surface area contributed by atoms with Crippen LogP contribution in [0.4, 0.5) is 0 Å². The topological polar surface area (TPSA) is 81.7 Å². The van der Waals surface area contributed by atoms with Crippen LogP contribution < -0.4 is 0 Å². The quantitative estimate of drug-likeness (QED) is 0.157. The third kappa shape index (κ3) is 9.01. The van der Waals surface area contributed by atoms with Crippen molar-refractivity contribution in [3.63, 3.8) is 0 Å². The van der Waals surface area contributed by atoms with E-state index in [1.54, 1.807) is 6.92 Å². The number of carbonyl (C=O) groups is 1. The molecule has 30 heavy (non-hydrogen) atoms. The van der Waals surface area contributed by atoms with Gasteiger partial charge < -0.3 is 31.3 Å². The van der Waals surface area contributed by atoms with E-state index in [0.717, 1.165) is 0 Å². The summed E-state index contributed by atoms with van der Waals surface area (Å²) in [6.07, 6.45) is 0.455. The van der Waals surface area contributed by atoms with Crippen molar-refractivity contribution in [1.29, 1.82) is 0 Å². The van der Waals surface area contributed by atoms with Gasteiger partial charge in [0.25, 0.3) is 0 Å². The highest BCUT2D eigenvalue weighted by molar-refractivity contribution is 6.88. The second-order valence-electron chi connectivity index (χ2n) is 6.51. The highest BCUT2D eigenvalue weighted by Crippen LogP contribution is 2.43. The van der Waals surface area contributed by atoms with E-state index >= 15 is 0 Å². The summed E-state index contributed by atoms with van der Waals surface area (Å²) in [7, 11) is -7.21. The van der Waals surface area contributed by atoms with Crippen molar-refractivity contribution in [3.8, 4) is 0 Å². The van der Waals surface area contributed by atoms with Gasteiger partial charge in [-0.05, 0) is 54.9 Å². The van der Waals surface area contributed by atoms with E-state index in [9.17, 15) is 4.79 Å². The Kier molecular flexibility index (Phi) is 17.0. The maximum atomic E-state index is 12.0. The second-order valence-corrected chi connectivity index (χ2v) is 15.7. The molecule has 0 fully saturated rings. The van der Waals surface area contributed by atoms with Crippen LogP contribution in [0.5, 0.6) is 0 Å². The van der Waals surface area contributed by atoms with Gasteiger partial charge in [-0.1, -0.05) is 6.58 Å². The molecule has 0 heterocycles. The first-order valence-electron chi connectivity index (χ1n) is 10.9. The second kappa shape index (κ2) is 17.2. The molecule has 0 aromatic carbocycles. The lowest BCUT2D eigenvalue weighted by atomic mass is 10.4. The lowest BCUT2D eigenvalue weighted by molar-refractivity contribution is -0.139. The van der Waals surface area contributed by atoms with Gasteiger partial charge in [-0.3, -0.25) is 0 Å². The van der Waals surface area contributed by atoms with E-state index in [4.69, 9.17) is 31.3 Å². The highest BCUT2D eigenvalue weighted by Gasteiger charge is 2.61. The number of hydrogen-bond donors (Lipinski definition) is 0. The van der Waals surface area contributed by atoms with Crippen molar-refractivity contribution in [3.05, 3.63) is 12.2 Å². The molecule has 8 nitrogen and oxygen atoms in total. The van der Waals surface area contributed by atoms with Crippen LogP contribution in [0.2, 0.25) is 4.28 Å². The Balaban J connectivity index is 6.35. The van der Waals surface area contributed by atoms with E-state index in [1.807, 2.05) is 41.5 Å². The monoisotopic (exact) mass is 482 g/mol. The molecule has 0 N–H and O–H groups in total. The van der Waals surface area contributed by atoms with Crippen molar-refractivity contribution >= 4 is 33.8 Å². The first-order chi connectivity index (χ1) is 14.4. The molecule has 0 amide bonds. The van der Waals surface area contributed by atoms with E-state index in [-0.39, 0.29) is 6.61 Å². The predicted molar refractivity (Wildman–Crippen MR) is 124 cm³/mol. The summed E-state index contributed by atoms with van der Waals surface area (Å²) < 4.78 is 42.1. The Hall–Kier alpha value is -0.379. The molecule has 0 radical (unpaired) electrons. The molecular formula is C19H42O8Si3. The molecule has 0 unspecified atom stereocenters. The van der Waals surface area contributed by atoms with Gasteiger partial charge >= 0.3 is 33.8 Å². The molecular weight excluding hydrogens is 440 g/mol. The average Bonchev–Trinajstić information content (AvgIpc) is 2.71. The summed E-state index contributed by atoms with van der Waals surface area (Å²) in [6.45, 7) is 20.1. The molecule has 0 aromatic rings. The molecule has 0 aliphatic heterocycles. The first kappa shape index (κ1) is 29.6. The standard InChI is InChI=1S/C19H42O8Si3/c1-9-22-28(23-10-2)19(29(24-11-3)25-12-4,30(26-13-5)27-14-6)15-16-21-18(20)17(7)8/h28-30H,7,9-16H2,1-6,8H3. The van der Waals surface area contributed by atoms with Gasteiger partial charge in [0.05, 0.1) is 10.9 Å². The van der Waals surface area contributed by atoms with Crippen LogP contribution >= 0.6 is 0 Å². The van der Waals surface area contributed by atoms with E-state index < -0.39 is 38.1 Å². The normalized spacial score (nSPS) is 12.2. The van der Waals surface area contributed by atoms with Crippen LogP contribution in [0.25, 0.3) is 0 Å². The van der Waals surface area contributed by atoms with E-state index in [0.29, 0.717) is 51.6 Å². The molecule has 178 valence electrons. The predicted octanol–water partition coefficient (Wildman–Crippen LogP) is 2.20. The SMILES string of the molecule is C=C(C)C(=O)OCCC([SiH](OCC)OCC)([SiH](OCC)OCC)[SiH](OCC)OCC. The first-order valence-corrected chi connectivity index (χ1v) is 15.5. The lowest BCUT2D eigenvalue weighted by Crippen LogP contribution is -2.61. The lowest BCUT2D eigenvalue weighted by Gasteiger charge is -2.44. The zero-order valence-electron chi connectivity index (χ0n) is 19.9. The molecule has 0 spiro atoms. The molecule has 0 bridgehead atoms. The minimum Gasteiger partial charge on any atom is -0.462 e. The smallest absolute Gasteiger partial charge is 0.333 e. The van der Waals surface area contributed by atoms with Crippen LogP contribution in [0, 0.1) is 0 Å². The summed E-state index contributed by atoms with van der Waals surface area (Å²) in [4.78, 5) is 12.0. The van der Waals surface area contributed by atoms with Crippen LogP contribution in [0.15, 0.2) is 12.2 Å². The van der Waals surface area contributed by atoms with Crippen molar-refractivity contribution in [2.75, 3.05) is 46.2 Å². The fraction of sp³-hybridized carbons (Fsp3) is 0.842. The van der Waals surface area contributed by atoms with Crippen molar-refractivity contribution in [2.24, 2.45) is 0 Å². The Morgan fingerprint density at radius 2 is 1.00 bits per heavy atom. The zero-order valence-corrected chi connectivity index (χ0v) is 23.3. The molecule has 0 aliphatic carbocycles. The van der Waals surface area contributed by atoms with E-state index in [1.165, 1.54) is 0 Å². The summed E-state index contributed by atoms with van der Waals surface area (Å²) >= 11 is 0. The Labute approximate surface area is 187 Å². The van der Waals surface area contributed by atoms with Gasteiger partial charge in [-0.15, -0.1) is 0 Å². The zero-order chi connectivity index (χ0) is 23.0. The third-order valence-electron chi connectivity index (χ3n) is 4.34. The van der Waals surface area contributed by atoms with Gasteiger partial charge in [0.2, 0.25) is 0 Å². The van der Waals surface area contributed by atoms with Crippen LogP contribution in [-0.4, -0.2) is 80.1 Å². The Morgan fingerprint density at radius 1 is 0.700 bits per heavy atom. The Bertz CT molecular complexity index is 422. The van der Waals surface area contributed by atoms with Crippen LogP contribution in [0.3, 0.4) is 0 Å². The van der Waals surface area contributed by atoms with Crippen molar-refractivity contribution in [2.45, 2.75) is 59.2 Å². The third-order valence-corrected chi connectivity index (χ3v) is 16.6. The largest absolute Gasteiger partial charge is 0.462 e. The number of rotatable bonds is 19. The molecule has 11 heteroatoms. The molecule has 0 aromatic heterocycles. The van der Waals surface area contributed by atoms with Gasteiger partial charge in [-0.25, -0.2) is 4.79 Å². The van der Waals surface area contributed by atoms with Gasteiger partial charge in [0.15, 0.2) is 0 Å². The van der Waals surface area contributed by atoms with Gasteiger partial charge in [0, 0.05) is 45.2 Å². The minimum absolute atomic E-state index is 0.169. The van der Waals surface area contributed by atoms with Gasteiger partial charge in [0.1, 0.15) is 0 Å². The molecule has 0 aliphatic rings. The fourth-order valence-corrected chi connectivity index (χ4v) is 14.3. The minimum atomic E-state index is -2.40. The fourth-order valence-electron chi connectivity index (χ4n) is 3.11. The summed E-state index contributed by atoms with van der Waals surface area (Å²) in [6, 6.07) is 0. The molecule has 0 saturated heterocycles. The molecule has 0 atom stereocenters. The number of hydrogen-bond acceptors (Lipinski definition) is 8. The maximum Gasteiger partial charge on any atom is 0.333 e. The number of carbonyl (C=O) groups excluding carboxylic acids is 1. The van der Waals surface area contributed by atoms with E-state index in [2.05, 4.69) is 6.58 Å². The number of esters is 1. The highest BCUT2D eigenvalue weighted by atomic mass is 28.4. The molecule has 0 rings (SSSR count). The van der Waals surface area contributed by atoms with Crippen LogP contribution in [-0.2, 0) is 36.1 Å². The van der Waals surface area contributed by atoms with Crippen molar-refractivity contribution < 1.29 is 36.1 Å². The summed E-state index contributed by atoms with van der Waals surface area (Å²) in [5.41, 5.74) is 0.357. The maximum absolute atomic E-state index is 12.0. The van der Waals surface area contributed by atoms with Gasteiger partial charge in [-0.2, -0.15) is 0 Å². The molecule has 0 saturated carbocycles. The summed E-state index contributed by atoms with van der Waals surface area (Å²) in [5.74, 6) is -0.424. The van der Waals surface area contributed by atoms with Crippen LogP contribution in [0.1, 0.15) is 54.9 Å². The average molecular weight is 483 g/mol. The summed E-state index contributed by atoms with van der Waals surface area (Å²) in [5, 5.41) is 0.